The number of hydrogen-bond acceptors (Lipinski definition) is 2. The molecule has 0 spiro atoms. The molecule has 154 valence electrons. The van der Waals surface area contributed by atoms with E-state index >= 15 is 0 Å². The molecule has 0 N–H and O–H groups in total. The first-order chi connectivity index (χ1) is 13.7. The molecule has 1 saturated carbocycles. The molecule has 2 heterocycles. The van der Waals surface area contributed by atoms with Crippen LogP contribution in [0.3, 0.4) is 0 Å². The molecule has 0 aromatic heterocycles. The van der Waals surface area contributed by atoms with Gasteiger partial charge in [-0.15, -0.1) is 0 Å². The van der Waals surface area contributed by atoms with Crippen molar-refractivity contribution in [3.8, 4) is 0 Å². The Morgan fingerprint density at radius 1 is 0.929 bits per heavy atom. The normalized spacial score (nSPS) is 30.3. The summed E-state index contributed by atoms with van der Waals surface area (Å²) in [6.07, 6.45) is 11.2. The third-order valence-electron chi connectivity index (χ3n) is 7.60. The number of amides is 1. The third-order valence-corrected chi connectivity index (χ3v) is 7.60. The molecule has 28 heavy (non-hydrogen) atoms. The standard InChI is InChI=1S/C25H38N2O/c1-20-9-11-24(12-10-20)27-15-5-8-23(19-27)25(28)26-16-13-22(14-17-26)18-21-6-3-2-4-7-21/h2-4,6-7,20,22-24H,5,8-19H2,1H3. The van der Waals surface area contributed by atoms with Gasteiger partial charge in [0.05, 0.1) is 5.92 Å². The van der Waals surface area contributed by atoms with Crippen molar-refractivity contribution in [2.75, 3.05) is 26.2 Å². The van der Waals surface area contributed by atoms with Crippen LogP contribution in [0.2, 0.25) is 0 Å². The molecule has 3 aliphatic rings. The molecule has 3 nitrogen and oxygen atoms in total. The number of benzene rings is 1. The van der Waals surface area contributed by atoms with Crippen molar-refractivity contribution in [3.63, 3.8) is 0 Å². The molecule has 4 rings (SSSR count). The number of carbonyl (C=O) groups excluding carboxylic acids is 1. The Kier molecular flexibility index (Phi) is 6.72. The van der Waals surface area contributed by atoms with Crippen molar-refractivity contribution >= 4 is 5.91 Å². The van der Waals surface area contributed by atoms with Crippen molar-refractivity contribution in [2.45, 2.75) is 70.8 Å². The van der Waals surface area contributed by atoms with Crippen molar-refractivity contribution in [1.29, 1.82) is 0 Å². The highest BCUT2D eigenvalue weighted by atomic mass is 16.2. The van der Waals surface area contributed by atoms with Gasteiger partial charge in [-0.2, -0.15) is 0 Å². The highest BCUT2D eigenvalue weighted by Crippen LogP contribution is 2.31. The lowest BCUT2D eigenvalue weighted by Crippen LogP contribution is -2.50. The van der Waals surface area contributed by atoms with Gasteiger partial charge in [0.1, 0.15) is 0 Å². The second kappa shape index (κ2) is 9.43. The van der Waals surface area contributed by atoms with Gasteiger partial charge in [-0.25, -0.2) is 0 Å². The fraction of sp³-hybridized carbons (Fsp3) is 0.720. The number of piperidine rings is 2. The molecule has 1 aromatic carbocycles. The Labute approximate surface area is 171 Å². The van der Waals surface area contributed by atoms with Gasteiger partial charge < -0.3 is 4.90 Å². The quantitative estimate of drug-likeness (QED) is 0.750. The van der Waals surface area contributed by atoms with Crippen LogP contribution < -0.4 is 0 Å². The van der Waals surface area contributed by atoms with E-state index in [2.05, 4.69) is 47.1 Å². The SMILES string of the molecule is CC1CCC(N2CCCC(C(=O)N3CCC(Cc4ccccc4)CC3)C2)CC1. The van der Waals surface area contributed by atoms with Gasteiger partial charge >= 0.3 is 0 Å². The van der Waals surface area contributed by atoms with Gasteiger partial charge in [0.15, 0.2) is 0 Å². The predicted molar refractivity (Wildman–Crippen MR) is 115 cm³/mol. The Hall–Kier alpha value is -1.35. The van der Waals surface area contributed by atoms with Crippen LogP contribution in [0.1, 0.15) is 63.9 Å². The molecule has 0 bridgehead atoms. The van der Waals surface area contributed by atoms with Crippen LogP contribution in [-0.2, 0) is 11.2 Å². The monoisotopic (exact) mass is 382 g/mol. The van der Waals surface area contributed by atoms with Crippen LogP contribution in [0, 0.1) is 17.8 Å². The van der Waals surface area contributed by atoms with Crippen molar-refractivity contribution in [2.24, 2.45) is 17.8 Å². The van der Waals surface area contributed by atoms with Crippen LogP contribution in [0.15, 0.2) is 30.3 Å². The topological polar surface area (TPSA) is 23.6 Å². The maximum absolute atomic E-state index is 13.2. The van der Waals surface area contributed by atoms with Gasteiger partial charge in [-0.3, -0.25) is 9.69 Å². The van der Waals surface area contributed by atoms with Crippen LogP contribution in [0.5, 0.6) is 0 Å². The third kappa shape index (κ3) is 4.97. The fourth-order valence-corrected chi connectivity index (χ4v) is 5.71. The number of likely N-dealkylation sites (tertiary alicyclic amines) is 2. The fourth-order valence-electron chi connectivity index (χ4n) is 5.71. The molecule has 0 radical (unpaired) electrons. The molecule has 1 unspecified atom stereocenters. The highest BCUT2D eigenvalue weighted by Gasteiger charge is 2.34. The smallest absolute Gasteiger partial charge is 0.226 e. The van der Waals surface area contributed by atoms with E-state index in [1.54, 1.807) is 0 Å². The lowest BCUT2D eigenvalue weighted by molar-refractivity contribution is -0.139. The molecule has 1 amide bonds. The first-order valence-electron chi connectivity index (χ1n) is 11.8. The molecule has 1 atom stereocenters. The second-order valence-corrected chi connectivity index (χ2v) is 9.71. The van der Waals surface area contributed by atoms with E-state index in [0.717, 1.165) is 56.8 Å². The van der Waals surface area contributed by atoms with Gasteiger partial charge in [0, 0.05) is 25.7 Å². The number of nitrogens with zero attached hydrogens (tertiary/aromatic N) is 2. The zero-order valence-electron chi connectivity index (χ0n) is 17.7. The maximum atomic E-state index is 13.2. The summed E-state index contributed by atoms with van der Waals surface area (Å²) in [5, 5.41) is 0. The summed E-state index contributed by atoms with van der Waals surface area (Å²) in [6, 6.07) is 11.6. The van der Waals surface area contributed by atoms with Crippen molar-refractivity contribution in [3.05, 3.63) is 35.9 Å². The summed E-state index contributed by atoms with van der Waals surface area (Å²) in [7, 11) is 0. The van der Waals surface area contributed by atoms with E-state index in [1.165, 1.54) is 50.6 Å². The Morgan fingerprint density at radius 2 is 1.64 bits per heavy atom. The average molecular weight is 383 g/mol. The van der Waals surface area contributed by atoms with Crippen LogP contribution in [-0.4, -0.2) is 47.9 Å². The van der Waals surface area contributed by atoms with E-state index in [0.29, 0.717) is 5.91 Å². The number of hydrogen-bond donors (Lipinski definition) is 0. The van der Waals surface area contributed by atoms with Crippen molar-refractivity contribution < 1.29 is 4.79 Å². The number of carbonyl (C=O) groups is 1. The summed E-state index contributed by atoms with van der Waals surface area (Å²) in [4.78, 5) is 18.1. The summed E-state index contributed by atoms with van der Waals surface area (Å²) in [5.74, 6) is 2.33. The molecule has 3 heteroatoms. The minimum Gasteiger partial charge on any atom is -0.342 e. The van der Waals surface area contributed by atoms with Crippen LogP contribution in [0.4, 0.5) is 0 Å². The van der Waals surface area contributed by atoms with E-state index in [9.17, 15) is 4.79 Å². The van der Waals surface area contributed by atoms with Crippen LogP contribution in [0.25, 0.3) is 0 Å². The summed E-state index contributed by atoms with van der Waals surface area (Å²) in [6.45, 7) is 6.55. The minimum absolute atomic E-state index is 0.249. The van der Waals surface area contributed by atoms with Crippen LogP contribution >= 0.6 is 0 Å². The Morgan fingerprint density at radius 3 is 2.36 bits per heavy atom. The largest absolute Gasteiger partial charge is 0.342 e. The molecule has 2 aliphatic heterocycles. The average Bonchev–Trinajstić information content (AvgIpc) is 2.75. The molecular weight excluding hydrogens is 344 g/mol. The van der Waals surface area contributed by atoms with E-state index < -0.39 is 0 Å². The first-order valence-corrected chi connectivity index (χ1v) is 11.8. The summed E-state index contributed by atoms with van der Waals surface area (Å²) in [5.41, 5.74) is 1.44. The molecule has 1 aromatic rings. The molecular formula is C25H38N2O. The van der Waals surface area contributed by atoms with E-state index in [-0.39, 0.29) is 5.92 Å². The highest BCUT2D eigenvalue weighted by molar-refractivity contribution is 5.79. The van der Waals surface area contributed by atoms with Gasteiger partial charge in [-0.1, -0.05) is 37.3 Å². The minimum atomic E-state index is 0.249. The molecule has 3 fully saturated rings. The predicted octanol–water partition coefficient (Wildman–Crippen LogP) is 4.76. The Bertz CT molecular complexity index is 615. The zero-order valence-corrected chi connectivity index (χ0v) is 17.7. The molecule has 2 saturated heterocycles. The molecule has 1 aliphatic carbocycles. The Balaban J connectivity index is 1.25. The lowest BCUT2D eigenvalue weighted by Gasteiger charge is -2.42. The first kappa shape index (κ1) is 19.9. The van der Waals surface area contributed by atoms with Gasteiger partial charge in [0.2, 0.25) is 5.91 Å². The summed E-state index contributed by atoms with van der Waals surface area (Å²) >= 11 is 0. The van der Waals surface area contributed by atoms with Gasteiger partial charge in [-0.05, 0) is 81.7 Å². The van der Waals surface area contributed by atoms with Gasteiger partial charge in [0.25, 0.3) is 0 Å². The lowest BCUT2D eigenvalue weighted by atomic mass is 9.84. The van der Waals surface area contributed by atoms with E-state index in [1.807, 2.05) is 0 Å². The summed E-state index contributed by atoms with van der Waals surface area (Å²) < 4.78 is 0. The number of rotatable bonds is 4. The maximum Gasteiger partial charge on any atom is 0.226 e. The van der Waals surface area contributed by atoms with Crippen molar-refractivity contribution in [1.82, 2.24) is 9.80 Å². The second-order valence-electron chi connectivity index (χ2n) is 9.71. The van der Waals surface area contributed by atoms with E-state index in [4.69, 9.17) is 0 Å². The zero-order chi connectivity index (χ0) is 19.3.